The summed E-state index contributed by atoms with van der Waals surface area (Å²) in [5.74, 6) is -4.55. The van der Waals surface area contributed by atoms with Gasteiger partial charge in [-0.15, -0.1) is 0 Å². The monoisotopic (exact) mass is 1360 g/mol. The number of hydrogen-bond acceptors (Lipinski definition) is 17. The molecule has 4 saturated heterocycles. The van der Waals surface area contributed by atoms with Gasteiger partial charge in [-0.3, -0.25) is 13.8 Å². The Labute approximate surface area is 569 Å². The zero-order chi connectivity index (χ0) is 68.8. The van der Waals surface area contributed by atoms with E-state index in [2.05, 4.69) is 52.0 Å². The Morgan fingerprint density at radius 1 is 0.495 bits per heavy atom. The van der Waals surface area contributed by atoms with Crippen molar-refractivity contribution in [3.05, 3.63) is 232 Å². The number of ether oxygens (including phenoxy) is 6. The van der Waals surface area contributed by atoms with E-state index in [0.29, 0.717) is 11.5 Å². The predicted octanol–water partition coefficient (Wildman–Crippen LogP) is 10.0. The van der Waals surface area contributed by atoms with Crippen molar-refractivity contribution < 1.29 is 46.0 Å². The number of aromatic nitrogens is 11. The number of halogens is 4. The molecule has 0 bridgehead atoms. The Morgan fingerprint density at radius 2 is 0.869 bits per heavy atom. The van der Waals surface area contributed by atoms with Crippen molar-refractivity contribution in [1.82, 2.24) is 53.5 Å². The fourth-order valence-corrected chi connectivity index (χ4v) is 12.7. The molecule has 4 aliphatic heterocycles. The van der Waals surface area contributed by atoms with E-state index in [4.69, 9.17) is 28.4 Å². The van der Waals surface area contributed by atoms with E-state index < -0.39 is 47.1 Å². The number of nitrogens with zero attached hydrogens (tertiary/aromatic N) is 15. The first-order chi connectivity index (χ1) is 48.0. The highest BCUT2D eigenvalue weighted by atomic mass is 19.1. The van der Waals surface area contributed by atoms with Crippen LogP contribution in [0.3, 0.4) is 0 Å². The fraction of sp³-hybridized carbons (Fsp3) is 0.375. The molecular weight excluding hydrogens is 1280 g/mol. The minimum atomic E-state index is -1.53. The average molecular weight is 1360 g/mol. The van der Waals surface area contributed by atoms with Crippen LogP contribution in [0.15, 0.2) is 180 Å². The van der Waals surface area contributed by atoms with E-state index in [9.17, 15) is 27.2 Å². The third kappa shape index (κ3) is 15.0. The van der Waals surface area contributed by atoms with Gasteiger partial charge in [0.2, 0.25) is 11.6 Å². The summed E-state index contributed by atoms with van der Waals surface area (Å²) in [7, 11) is 0. The Balaban J connectivity index is 0.000000178. The van der Waals surface area contributed by atoms with Crippen LogP contribution >= 0.6 is 0 Å². The third-order valence-electron chi connectivity index (χ3n) is 18.6. The van der Waals surface area contributed by atoms with Gasteiger partial charge in [0.05, 0.1) is 49.2 Å². The van der Waals surface area contributed by atoms with Gasteiger partial charge in [-0.25, -0.2) is 27.2 Å². The highest BCUT2D eigenvalue weighted by molar-refractivity contribution is 5.56. The lowest BCUT2D eigenvalue weighted by molar-refractivity contribution is -0.194. The largest absolute Gasteiger partial charge is 0.491 e. The molecule has 0 N–H and O–H groups in total. The summed E-state index contributed by atoms with van der Waals surface area (Å²) >= 11 is 0. The van der Waals surface area contributed by atoms with Gasteiger partial charge < -0.3 is 48.0 Å². The standard InChI is InChI=1S/C37H41F2N7O4.C35H38F2N8O4/c1-4-27(3)45-25-40-46(36(45)47)31-8-6-29(7-9-31)42-17-19-43(20-18-42)30-10-12-32(13-11-30)48-22-33-23-49-37(50-33,24-44-16-15-26(2)41-44)34-14-5-28(38)21-35(34)39;1-3-25(2)43-24-40-45(34(43)46)29-7-5-27(6-8-29)41-16-18-42(19-17-41)28-9-11-30(12-10-28)47-21-31-22-48-35(49-31,23-44-38-14-15-39-44)32-13-4-26(36)20-33(32)37/h5-16,21,25,27,33H,4,17-20,22-24H2,1-3H3;4-15,20,24-25,31H,3,16-19,21-23H2,1-2H3. The molecule has 23 nitrogen and oxygen atoms in total. The highest BCUT2D eigenvalue weighted by Gasteiger charge is 2.48. The first-order valence-electron chi connectivity index (χ1n) is 33.4. The average Bonchev–Trinajstić information content (AvgIpc) is 1.68. The normalized spacial score (nSPS) is 20.1. The third-order valence-corrected chi connectivity index (χ3v) is 18.6. The van der Waals surface area contributed by atoms with E-state index in [1.165, 1.54) is 50.8 Å². The SMILES string of the molecule is CCC(C)n1cnn(-c2ccc(N3CCN(c4ccc(OCC5COC(Cn6ccc(C)n6)(c6ccc(F)cc6F)O5)cc4)CC3)cc2)c1=O.CCC(C)n1cnn(-c2ccc(N3CCN(c4ccc(OCC5COC(Cn6nccn6)(c6ccc(F)cc6F)O5)cc4)CC3)cc2)c1=O. The Kier molecular flexibility index (Phi) is 20.1. The number of hydrogen-bond donors (Lipinski definition) is 0. The minimum absolute atomic E-state index is 0.0155. The van der Waals surface area contributed by atoms with Crippen molar-refractivity contribution in [1.29, 1.82) is 0 Å². The summed E-state index contributed by atoms with van der Waals surface area (Å²) in [6.07, 6.45) is 8.71. The van der Waals surface area contributed by atoms with Gasteiger partial charge in [0.1, 0.15) is 79.4 Å². The van der Waals surface area contributed by atoms with Gasteiger partial charge in [0, 0.05) is 117 Å². The summed E-state index contributed by atoms with van der Waals surface area (Å²) in [6.45, 7) is 17.5. The molecule has 14 rings (SSSR count). The molecular formula is C72H79F4N15O8. The number of anilines is 4. The first kappa shape index (κ1) is 67.5. The van der Waals surface area contributed by atoms with Crippen LogP contribution in [0, 0.1) is 30.2 Å². The number of rotatable bonds is 22. The fourth-order valence-electron chi connectivity index (χ4n) is 12.7. The second-order valence-electron chi connectivity index (χ2n) is 25.1. The molecule has 0 spiro atoms. The van der Waals surface area contributed by atoms with Gasteiger partial charge >= 0.3 is 11.4 Å². The summed E-state index contributed by atoms with van der Waals surface area (Å²) in [5, 5.41) is 21.2. The van der Waals surface area contributed by atoms with E-state index in [-0.39, 0.29) is 74.1 Å². The molecule has 6 atom stereocenters. The van der Waals surface area contributed by atoms with Crippen molar-refractivity contribution in [2.75, 3.05) is 98.4 Å². The molecule has 27 heteroatoms. The van der Waals surface area contributed by atoms with Crippen molar-refractivity contribution in [3.63, 3.8) is 0 Å². The second-order valence-corrected chi connectivity index (χ2v) is 25.1. The summed E-state index contributed by atoms with van der Waals surface area (Å²) in [4.78, 5) is 36.3. The zero-order valence-electron chi connectivity index (χ0n) is 55.8. The van der Waals surface area contributed by atoms with Gasteiger partial charge in [-0.2, -0.15) is 39.7 Å². The second kappa shape index (κ2) is 29.5. The van der Waals surface area contributed by atoms with Crippen LogP contribution in [-0.4, -0.2) is 144 Å². The molecule has 0 saturated carbocycles. The summed E-state index contributed by atoms with van der Waals surface area (Å²) < 4.78 is 102. The molecule has 4 aliphatic rings. The number of aryl methyl sites for hydroxylation is 1. The highest BCUT2D eigenvalue weighted by Crippen LogP contribution is 2.40. The van der Waals surface area contributed by atoms with Crippen LogP contribution in [0.5, 0.6) is 11.5 Å². The van der Waals surface area contributed by atoms with Crippen molar-refractivity contribution in [3.8, 4) is 22.9 Å². The maximum Gasteiger partial charge on any atom is 0.350 e. The van der Waals surface area contributed by atoms with E-state index in [0.717, 1.165) is 117 Å². The molecule has 0 aliphatic carbocycles. The summed E-state index contributed by atoms with van der Waals surface area (Å²) in [6, 6.07) is 40.5. The molecule has 518 valence electrons. The van der Waals surface area contributed by atoms with Crippen LogP contribution in [0.4, 0.5) is 40.3 Å². The molecule has 8 heterocycles. The van der Waals surface area contributed by atoms with Crippen molar-refractivity contribution in [2.45, 2.75) is 96.4 Å². The van der Waals surface area contributed by atoms with Gasteiger partial charge in [-0.1, -0.05) is 13.8 Å². The Bertz CT molecular complexity index is 4440. The smallest absolute Gasteiger partial charge is 0.350 e. The molecule has 0 amide bonds. The van der Waals surface area contributed by atoms with Gasteiger partial charge in [0.25, 0.3) is 0 Å². The molecule has 99 heavy (non-hydrogen) atoms. The van der Waals surface area contributed by atoms with Gasteiger partial charge in [-0.05, 0) is 161 Å². The van der Waals surface area contributed by atoms with Crippen molar-refractivity contribution in [2.24, 2.45) is 0 Å². The maximum atomic E-state index is 15.0. The topological polar surface area (TPSA) is 197 Å². The number of benzene rings is 6. The van der Waals surface area contributed by atoms with Crippen LogP contribution in [0.25, 0.3) is 11.4 Å². The zero-order valence-corrected chi connectivity index (χ0v) is 55.8. The Hall–Kier alpha value is -10.1. The first-order valence-corrected chi connectivity index (χ1v) is 33.4. The van der Waals surface area contributed by atoms with E-state index in [1.54, 1.807) is 32.7 Å². The van der Waals surface area contributed by atoms with Crippen LogP contribution in [0.1, 0.15) is 69.4 Å². The maximum absolute atomic E-state index is 15.0. The molecule has 6 unspecified atom stereocenters. The molecule has 6 aromatic carbocycles. The van der Waals surface area contributed by atoms with Crippen LogP contribution < -0.4 is 40.5 Å². The number of piperazine rings is 2. The molecule has 4 aromatic heterocycles. The lowest BCUT2D eigenvalue weighted by Crippen LogP contribution is -2.46. The van der Waals surface area contributed by atoms with Gasteiger partial charge in [0.15, 0.2) is 0 Å². The predicted molar refractivity (Wildman–Crippen MR) is 363 cm³/mol. The van der Waals surface area contributed by atoms with Crippen molar-refractivity contribution >= 4 is 22.7 Å². The summed E-state index contributed by atoms with van der Waals surface area (Å²) in [5.41, 5.74) is 6.62. The molecule has 0 radical (unpaired) electrons. The minimum Gasteiger partial charge on any atom is -0.491 e. The molecule has 10 aromatic rings. The lowest BCUT2D eigenvalue weighted by atomic mass is 10.0. The van der Waals surface area contributed by atoms with Crippen LogP contribution in [-0.2, 0) is 43.6 Å². The quantitative estimate of drug-likeness (QED) is 0.0581. The molecule has 4 fully saturated rings. The van der Waals surface area contributed by atoms with E-state index >= 15 is 0 Å². The van der Waals surface area contributed by atoms with Crippen LogP contribution in [0.2, 0.25) is 0 Å². The van der Waals surface area contributed by atoms with E-state index in [1.807, 2.05) is 131 Å². The Morgan fingerprint density at radius 3 is 1.23 bits per heavy atom. The lowest BCUT2D eigenvalue weighted by Gasteiger charge is -2.37.